The summed E-state index contributed by atoms with van der Waals surface area (Å²) in [6, 6.07) is 5.11. The molecule has 98 valence electrons. The van der Waals surface area contributed by atoms with Gasteiger partial charge in [-0.1, -0.05) is 6.07 Å². The summed E-state index contributed by atoms with van der Waals surface area (Å²) in [6.45, 7) is 4.63. The van der Waals surface area contributed by atoms with Crippen LogP contribution in [0.1, 0.15) is 12.0 Å². The second-order valence-corrected chi connectivity index (χ2v) is 5.00. The summed E-state index contributed by atoms with van der Waals surface area (Å²) in [5.41, 5.74) is 2.33. The highest BCUT2D eigenvalue weighted by Crippen LogP contribution is 2.28. The average Bonchev–Trinajstić information content (AvgIpc) is 2.80. The van der Waals surface area contributed by atoms with Crippen LogP contribution in [0.5, 0.6) is 0 Å². The van der Waals surface area contributed by atoms with Crippen molar-refractivity contribution in [2.75, 3.05) is 37.7 Å². The first kappa shape index (κ1) is 11.9. The lowest BCUT2D eigenvalue weighted by atomic mass is 10.1. The molecule has 1 saturated heterocycles. The van der Waals surface area contributed by atoms with Crippen molar-refractivity contribution in [2.45, 2.75) is 18.9 Å². The zero-order chi connectivity index (χ0) is 12.4. The van der Waals surface area contributed by atoms with E-state index < -0.39 is 0 Å². The van der Waals surface area contributed by atoms with Gasteiger partial charge in [-0.25, -0.2) is 4.39 Å². The molecule has 0 radical (unpaired) electrons. The zero-order valence-electron chi connectivity index (χ0n) is 10.5. The van der Waals surface area contributed by atoms with Crippen LogP contribution < -0.4 is 10.2 Å². The molecule has 0 bridgehead atoms. The highest BCUT2D eigenvalue weighted by Gasteiger charge is 2.21. The van der Waals surface area contributed by atoms with Gasteiger partial charge in [0.15, 0.2) is 0 Å². The van der Waals surface area contributed by atoms with E-state index in [1.807, 2.05) is 6.07 Å². The standard InChI is InChI=1S/C14H19FN2O/c15-12-2-1-11-3-6-17(14(11)9-12)7-4-13-10-16-5-8-18-13/h1-2,9,13,16H,3-8,10H2. The second-order valence-electron chi connectivity index (χ2n) is 5.00. The van der Waals surface area contributed by atoms with Crippen molar-refractivity contribution < 1.29 is 9.13 Å². The van der Waals surface area contributed by atoms with E-state index >= 15 is 0 Å². The Morgan fingerprint density at radius 1 is 1.44 bits per heavy atom. The third-order valence-corrected chi connectivity index (χ3v) is 3.76. The molecule has 0 amide bonds. The van der Waals surface area contributed by atoms with Crippen molar-refractivity contribution in [1.82, 2.24) is 5.32 Å². The monoisotopic (exact) mass is 250 g/mol. The number of anilines is 1. The number of nitrogens with zero attached hydrogens (tertiary/aromatic N) is 1. The molecule has 18 heavy (non-hydrogen) atoms. The van der Waals surface area contributed by atoms with Gasteiger partial charge >= 0.3 is 0 Å². The molecule has 2 aliphatic rings. The molecule has 1 atom stereocenters. The first-order valence-corrected chi connectivity index (χ1v) is 6.68. The molecular formula is C14H19FN2O. The van der Waals surface area contributed by atoms with Gasteiger partial charge in [-0.2, -0.15) is 0 Å². The van der Waals surface area contributed by atoms with Crippen LogP contribution in [0.25, 0.3) is 0 Å². The SMILES string of the molecule is Fc1ccc2c(c1)N(CCC1CNCCO1)CC2. The number of halogens is 1. The Kier molecular flexibility index (Phi) is 3.48. The molecule has 2 aliphatic heterocycles. The Balaban J connectivity index is 1.60. The van der Waals surface area contributed by atoms with E-state index in [0.717, 1.165) is 51.3 Å². The summed E-state index contributed by atoms with van der Waals surface area (Å²) in [7, 11) is 0. The number of rotatable bonds is 3. The van der Waals surface area contributed by atoms with Gasteiger partial charge in [-0.3, -0.25) is 0 Å². The summed E-state index contributed by atoms with van der Waals surface area (Å²) in [5, 5.41) is 3.33. The van der Waals surface area contributed by atoms with Crippen molar-refractivity contribution >= 4 is 5.69 Å². The van der Waals surface area contributed by atoms with Crippen LogP contribution in [0.4, 0.5) is 10.1 Å². The summed E-state index contributed by atoms with van der Waals surface area (Å²) in [4.78, 5) is 2.27. The molecule has 3 rings (SSSR count). The summed E-state index contributed by atoms with van der Waals surface area (Å²) in [5.74, 6) is -0.142. The highest BCUT2D eigenvalue weighted by molar-refractivity contribution is 5.58. The lowest BCUT2D eigenvalue weighted by Gasteiger charge is -2.26. The zero-order valence-corrected chi connectivity index (χ0v) is 10.5. The van der Waals surface area contributed by atoms with Crippen molar-refractivity contribution in [3.8, 4) is 0 Å². The molecule has 1 aromatic rings. The lowest BCUT2D eigenvalue weighted by Crippen LogP contribution is -2.40. The van der Waals surface area contributed by atoms with Gasteiger partial charge in [-0.05, 0) is 30.5 Å². The predicted octanol–water partition coefficient (Wildman–Crippen LogP) is 1.57. The van der Waals surface area contributed by atoms with Gasteiger partial charge < -0.3 is 15.0 Å². The molecule has 1 unspecified atom stereocenters. The fraction of sp³-hybridized carbons (Fsp3) is 0.571. The van der Waals surface area contributed by atoms with Gasteiger partial charge in [0.25, 0.3) is 0 Å². The second kappa shape index (κ2) is 5.24. The van der Waals surface area contributed by atoms with Crippen LogP contribution in [0, 0.1) is 5.82 Å². The van der Waals surface area contributed by atoms with E-state index in [1.54, 1.807) is 12.1 Å². The summed E-state index contributed by atoms with van der Waals surface area (Å²) in [6.07, 6.45) is 2.33. The Morgan fingerprint density at radius 2 is 2.39 bits per heavy atom. The van der Waals surface area contributed by atoms with Crippen LogP contribution in [0.15, 0.2) is 18.2 Å². The minimum absolute atomic E-state index is 0.142. The predicted molar refractivity (Wildman–Crippen MR) is 69.5 cm³/mol. The quantitative estimate of drug-likeness (QED) is 0.881. The Hall–Kier alpha value is -1.13. The fourth-order valence-electron chi connectivity index (χ4n) is 2.76. The van der Waals surface area contributed by atoms with Crippen LogP contribution in [-0.2, 0) is 11.2 Å². The van der Waals surface area contributed by atoms with Gasteiger partial charge in [-0.15, -0.1) is 0 Å². The minimum atomic E-state index is -0.142. The number of hydrogen-bond donors (Lipinski definition) is 1. The fourth-order valence-corrected chi connectivity index (χ4v) is 2.76. The number of fused-ring (bicyclic) bond motifs is 1. The third-order valence-electron chi connectivity index (χ3n) is 3.76. The van der Waals surface area contributed by atoms with Gasteiger partial charge in [0.05, 0.1) is 12.7 Å². The van der Waals surface area contributed by atoms with E-state index in [0.29, 0.717) is 6.10 Å². The van der Waals surface area contributed by atoms with Crippen molar-refractivity contribution in [3.63, 3.8) is 0 Å². The maximum atomic E-state index is 13.3. The molecule has 1 aromatic carbocycles. The van der Waals surface area contributed by atoms with Gasteiger partial charge in [0.2, 0.25) is 0 Å². The summed E-state index contributed by atoms with van der Waals surface area (Å²) >= 11 is 0. The Bertz CT molecular complexity index is 418. The maximum absolute atomic E-state index is 13.3. The molecular weight excluding hydrogens is 231 g/mol. The van der Waals surface area contributed by atoms with E-state index in [4.69, 9.17) is 4.74 Å². The van der Waals surface area contributed by atoms with E-state index in [-0.39, 0.29) is 5.82 Å². The minimum Gasteiger partial charge on any atom is -0.376 e. The van der Waals surface area contributed by atoms with Crippen LogP contribution in [0.3, 0.4) is 0 Å². The first-order valence-electron chi connectivity index (χ1n) is 6.68. The number of ether oxygens (including phenoxy) is 1. The Labute approximate surface area is 107 Å². The molecule has 4 heteroatoms. The molecule has 3 nitrogen and oxygen atoms in total. The number of benzene rings is 1. The third kappa shape index (κ3) is 2.49. The summed E-state index contributed by atoms with van der Waals surface area (Å²) < 4.78 is 19.0. The number of morpholine rings is 1. The van der Waals surface area contributed by atoms with E-state index in [9.17, 15) is 4.39 Å². The largest absolute Gasteiger partial charge is 0.376 e. The van der Waals surface area contributed by atoms with Gasteiger partial charge in [0.1, 0.15) is 5.82 Å². The normalized spacial score (nSPS) is 23.2. The smallest absolute Gasteiger partial charge is 0.125 e. The van der Waals surface area contributed by atoms with Gasteiger partial charge in [0, 0.05) is 31.9 Å². The molecule has 1 fully saturated rings. The maximum Gasteiger partial charge on any atom is 0.125 e. The van der Waals surface area contributed by atoms with Crippen molar-refractivity contribution in [1.29, 1.82) is 0 Å². The first-order chi connectivity index (χ1) is 8.83. The van der Waals surface area contributed by atoms with Crippen molar-refractivity contribution in [3.05, 3.63) is 29.6 Å². The molecule has 0 aromatic heterocycles. The highest BCUT2D eigenvalue weighted by atomic mass is 19.1. The topological polar surface area (TPSA) is 24.5 Å². The van der Waals surface area contributed by atoms with Crippen LogP contribution >= 0.6 is 0 Å². The molecule has 0 saturated carbocycles. The molecule has 2 heterocycles. The van der Waals surface area contributed by atoms with Crippen LogP contribution in [-0.4, -0.2) is 38.9 Å². The molecule has 0 aliphatic carbocycles. The van der Waals surface area contributed by atoms with Crippen molar-refractivity contribution in [2.24, 2.45) is 0 Å². The Morgan fingerprint density at radius 3 is 3.22 bits per heavy atom. The van der Waals surface area contributed by atoms with E-state index in [1.165, 1.54) is 5.56 Å². The molecule has 1 N–H and O–H groups in total. The molecule has 0 spiro atoms. The van der Waals surface area contributed by atoms with Crippen LogP contribution in [0.2, 0.25) is 0 Å². The average molecular weight is 250 g/mol. The number of hydrogen-bond acceptors (Lipinski definition) is 3. The number of nitrogens with one attached hydrogen (secondary N) is 1. The lowest BCUT2D eigenvalue weighted by molar-refractivity contribution is 0.0249. The van der Waals surface area contributed by atoms with E-state index in [2.05, 4.69) is 10.2 Å².